The van der Waals surface area contributed by atoms with Crippen molar-refractivity contribution in [2.24, 2.45) is 0 Å². The summed E-state index contributed by atoms with van der Waals surface area (Å²) in [5, 5.41) is 2.56. The van der Waals surface area contributed by atoms with Crippen molar-refractivity contribution in [3.8, 4) is 11.5 Å². The van der Waals surface area contributed by atoms with E-state index in [-0.39, 0.29) is 11.7 Å². The van der Waals surface area contributed by atoms with Gasteiger partial charge in [0.1, 0.15) is 4.32 Å². The summed E-state index contributed by atoms with van der Waals surface area (Å²) in [4.78, 5) is 24.7. The SMILES string of the molecule is COc1cc(C=C2SC(=S)NC2=O)cc(Br)c1OC(=O)c1ccc(C)cc1. The van der Waals surface area contributed by atoms with Crippen LogP contribution >= 0.6 is 39.9 Å². The molecule has 0 saturated carbocycles. The zero-order chi connectivity index (χ0) is 19.6. The number of ether oxygens (including phenoxy) is 2. The highest BCUT2D eigenvalue weighted by molar-refractivity contribution is 9.10. The first-order chi connectivity index (χ1) is 12.9. The molecular formula is C19H14BrNO4S2. The normalized spacial score (nSPS) is 15.0. The van der Waals surface area contributed by atoms with E-state index in [2.05, 4.69) is 21.2 Å². The molecule has 1 aliphatic heterocycles. The number of thiocarbonyl (C=S) groups is 1. The topological polar surface area (TPSA) is 64.6 Å². The van der Waals surface area contributed by atoms with E-state index in [0.717, 1.165) is 5.56 Å². The van der Waals surface area contributed by atoms with Gasteiger partial charge in [0, 0.05) is 0 Å². The fraction of sp³-hybridized carbons (Fsp3) is 0.105. The third kappa shape index (κ3) is 4.58. The average Bonchev–Trinajstić information content (AvgIpc) is 2.94. The molecule has 0 atom stereocenters. The van der Waals surface area contributed by atoms with E-state index >= 15 is 0 Å². The summed E-state index contributed by atoms with van der Waals surface area (Å²) in [5.74, 6) is -0.0990. The van der Waals surface area contributed by atoms with E-state index in [1.165, 1.54) is 18.9 Å². The molecule has 3 rings (SSSR count). The number of methoxy groups -OCH3 is 1. The third-order valence-corrected chi connectivity index (χ3v) is 5.43. The number of nitrogens with one attached hydrogen (secondary N) is 1. The number of hydrogen-bond donors (Lipinski definition) is 1. The highest BCUT2D eigenvalue weighted by Gasteiger charge is 2.23. The van der Waals surface area contributed by atoms with E-state index in [1.54, 1.807) is 30.3 Å². The second-order valence-corrected chi connectivity index (χ2v) is 8.22. The van der Waals surface area contributed by atoms with Crippen molar-refractivity contribution < 1.29 is 19.1 Å². The van der Waals surface area contributed by atoms with Crippen molar-refractivity contribution in [3.05, 3.63) is 62.5 Å². The molecule has 1 heterocycles. The first-order valence-electron chi connectivity index (χ1n) is 7.78. The standard InChI is InChI=1S/C19H14BrNO4S2/c1-10-3-5-12(6-4-10)18(23)25-16-13(20)7-11(8-14(16)24-2)9-15-17(22)21-19(26)27-15/h3-9H,1-2H3,(H,21,22,26). The maximum atomic E-state index is 12.4. The quantitative estimate of drug-likeness (QED) is 0.312. The van der Waals surface area contributed by atoms with E-state index in [4.69, 9.17) is 21.7 Å². The zero-order valence-electron chi connectivity index (χ0n) is 14.4. The van der Waals surface area contributed by atoms with Gasteiger partial charge in [0.15, 0.2) is 11.5 Å². The Morgan fingerprint density at radius 3 is 2.56 bits per heavy atom. The molecule has 27 heavy (non-hydrogen) atoms. The van der Waals surface area contributed by atoms with Crippen molar-refractivity contribution in [1.82, 2.24) is 5.32 Å². The summed E-state index contributed by atoms with van der Waals surface area (Å²) >= 11 is 9.58. The number of rotatable bonds is 4. The Labute approximate surface area is 174 Å². The number of carbonyl (C=O) groups is 2. The number of benzene rings is 2. The minimum Gasteiger partial charge on any atom is -0.493 e. The van der Waals surface area contributed by atoms with Crippen molar-refractivity contribution >= 4 is 62.2 Å². The predicted octanol–water partition coefficient (Wildman–Crippen LogP) is 4.47. The Hall–Kier alpha value is -2.16. The van der Waals surface area contributed by atoms with E-state index in [1.807, 2.05) is 19.1 Å². The van der Waals surface area contributed by atoms with Crippen LogP contribution in [0, 0.1) is 6.92 Å². The summed E-state index contributed by atoms with van der Waals surface area (Å²) < 4.78 is 11.8. The predicted molar refractivity (Wildman–Crippen MR) is 113 cm³/mol. The molecule has 1 N–H and O–H groups in total. The smallest absolute Gasteiger partial charge is 0.343 e. The van der Waals surface area contributed by atoms with E-state index in [9.17, 15) is 9.59 Å². The summed E-state index contributed by atoms with van der Waals surface area (Å²) in [7, 11) is 1.48. The van der Waals surface area contributed by atoms with Gasteiger partial charge in [0.25, 0.3) is 5.91 Å². The molecule has 8 heteroatoms. The second kappa shape index (κ2) is 8.24. The lowest BCUT2D eigenvalue weighted by atomic mass is 10.1. The number of aryl methyl sites for hydroxylation is 1. The maximum Gasteiger partial charge on any atom is 0.343 e. The molecule has 1 fully saturated rings. The molecule has 1 saturated heterocycles. The van der Waals surface area contributed by atoms with Crippen molar-refractivity contribution in [2.45, 2.75) is 6.92 Å². The van der Waals surface area contributed by atoms with Crippen molar-refractivity contribution in [3.63, 3.8) is 0 Å². The highest BCUT2D eigenvalue weighted by atomic mass is 79.9. The van der Waals surface area contributed by atoms with Crippen LogP contribution in [0.1, 0.15) is 21.5 Å². The molecule has 0 bridgehead atoms. The van der Waals surface area contributed by atoms with Crippen molar-refractivity contribution in [1.29, 1.82) is 0 Å². The van der Waals surface area contributed by atoms with Gasteiger partial charge >= 0.3 is 5.97 Å². The van der Waals surface area contributed by atoms with Crippen LogP contribution in [0.3, 0.4) is 0 Å². The number of thioether (sulfide) groups is 1. The Bertz CT molecular complexity index is 970. The van der Waals surface area contributed by atoms with Crippen LogP contribution in [0.5, 0.6) is 11.5 Å². The van der Waals surface area contributed by atoms with Crippen LogP contribution in [-0.2, 0) is 4.79 Å². The number of esters is 1. The van der Waals surface area contributed by atoms with Crippen LogP contribution in [0.25, 0.3) is 6.08 Å². The van der Waals surface area contributed by atoms with Gasteiger partial charge in [-0.3, -0.25) is 4.79 Å². The third-order valence-electron chi connectivity index (χ3n) is 3.67. The maximum absolute atomic E-state index is 12.4. The average molecular weight is 464 g/mol. The van der Waals surface area contributed by atoms with Gasteiger partial charge in [0.2, 0.25) is 0 Å². The van der Waals surface area contributed by atoms with E-state index in [0.29, 0.717) is 30.6 Å². The zero-order valence-corrected chi connectivity index (χ0v) is 17.6. The molecule has 2 aromatic rings. The Kier molecular flexibility index (Phi) is 5.98. The fourth-order valence-electron chi connectivity index (χ4n) is 2.34. The number of halogens is 1. The Morgan fingerprint density at radius 1 is 1.26 bits per heavy atom. The van der Waals surface area contributed by atoms with Gasteiger partial charge in [-0.1, -0.05) is 41.7 Å². The van der Waals surface area contributed by atoms with Crippen LogP contribution in [-0.4, -0.2) is 23.3 Å². The fourth-order valence-corrected chi connectivity index (χ4v) is 3.92. The molecule has 138 valence electrons. The molecule has 0 unspecified atom stereocenters. The van der Waals surface area contributed by atoms with Gasteiger partial charge in [-0.15, -0.1) is 0 Å². The summed E-state index contributed by atoms with van der Waals surface area (Å²) in [5.41, 5.74) is 2.19. The van der Waals surface area contributed by atoms with Gasteiger partial charge in [-0.05, 0) is 58.8 Å². The van der Waals surface area contributed by atoms with Gasteiger partial charge in [-0.2, -0.15) is 0 Å². The van der Waals surface area contributed by atoms with Crippen molar-refractivity contribution in [2.75, 3.05) is 7.11 Å². The minimum atomic E-state index is -0.490. The number of carbonyl (C=O) groups excluding carboxylic acids is 2. The minimum absolute atomic E-state index is 0.241. The van der Waals surface area contributed by atoms with Crippen LogP contribution in [0.15, 0.2) is 45.8 Å². The monoisotopic (exact) mass is 463 g/mol. The molecule has 2 aromatic carbocycles. The summed E-state index contributed by atoms with van der Waals surface area (Å²) in [6.45, 7) is 1.94. The largest absolute Gasteiger partial charge is 0.493 e. The van der Waals surface area contributed by atoms with Gasteiger partial charge in [0.05, 0.1) is 22.1 Å². The molecule has 0 aromatic heterocycles. The molecule has 1 aliphatic rings. The summed E-state index contributed by atoms with van der Waals surface area (Å²) in [6.07, 6.45) is 1.69. The molecule has 0 radical (unpaired) electrons. The molecule has 0 spiro atoms. The van der Waals surface area contributed by atoms with Gasteiger partial charge in [-0.25, -0.2) is 4.79 Å². The number of amides is 1. The van der Waals surface area contributed by atoms with E-state index < -0.39 is 5.97 Å². The summed E-state index contributed by atoms with van der Waals surface area (Å²) in [6, 6.07) is 10.5. The second-order valence-electron chi connectivity index (χ2n) is 5.64. The Balaban J connectivity index is 1.89. The lowest BCUT2D eigenvalue weighted by molar-refractivity contribution is -0.115. The lowest BCUT2D eigenvalue weighted by Crippen LogP contribution is -2.17. The molecule has 1 amide bonds. The van der Waals surface area contributed by atoms with Crippen LogP contribution in [0.2, 0.25) is 0 Å². The molecule has 0 aliphatic carbocycles. The Morgan fingerprint density at radius 2 is 1.96 bits per heavy atom. The first-order valence-corrected chi connectivity index (χ1v) is 9.80. The first kappa shape index (κ1) is 19.6. The van der Waals surface area contributed by atoms with Crippen LogP contribution < -0.4 is 14.8 Å². The van der Waals surface area contributed by atoms with Gasteiger partial charge < -0.3 is 14.8 Å². The van der Waals surface area contributed by atoms with Crippen LogP contribution in [0.4, 0.5) is 0 Å². The molecule has 5 nitrogen and oxygen atoms in total. The highest BCUT2D eigenvalue weighted by Crippen LogP contribution is 2.38. The molecular weight excluding hydrogens is 450 g/mol. The lowest BCUT2D eigenvalue weighted by Gasteiger charge is -2.12. The number of hydrogen-bond acceptors (Lipinski definition) is 6.